The quantitative estimate of drug-likeness (QED) is 0.721. The van der Waals surface area contributed by atoms with Gasteiger partial charge in [0.25, 0.3) is 0 Å². The maximum Gasteiger partial charge on any atom is 0.157 e. The fourth-order valence-electron chi connectivity index (χ4n) is 2.00. The number of likely N-dealkylation sites (N-methyl/N-ethyl adjacent to an activating group) is 1. The summed E-state index contributed by atoms with van der Waals surface area (Å²) < 4.78 is 11.2. The van der Waals surface area contributed by atoms with E-state index in [2.05, 4.69) is 25.8 Å². The summed E-state index contributed by atoms with van der Waals surface area (Å²) in [6, 6.07) is 0.301. The summed E-state index contributed by atoms with van der Waals surface area (Å²) in [5, 5.41) is 0. The summed E-state index contributed by atoms with van der Waals surface area (Å²) in [6.45, 7) is 7.93. The normalized spacial score (nSPS) is 22.7. The summed E-state index contributed by atoms with van der Waals surface area (Å²) in [6.07, 6.45) is 4.53. The molecule has 0 amide bonds. The van der Waals surface area contributed by atoms with Gasteiger partial charge in [0.2, 0.25) is 0 Å². The Morgan fingerprint density at radius 2 is 2.11 bits per heavy atom. The first-order valence-electron chi connectivity index (χ1n) is 7.27. The van der Waals surface area contributed by atoms with Crippen LogP contribution >= 0.6 is 0 Å². The monoisotopic (exact) mass is 258 g/mol. The van der Waals surface area contributed by atoms with Gasteiger partial charge in [0.1, 0.15) is 0 Å². The van der Waals surface area contributed by atoms with Gasteiger partial charge >= 0.3 is 0 Å². The van der Waals surface area contributed by atoms with Crippen molar-refractivity contribution in [2.45, 2.75) is 51.9 Å². The molecule has 0 aromatic carbocycles. The Morgan fingerprint density at radius 1 is 1.33 bits per heavy atom. The minimum absolute atomic E-state index is 0.0325. The summed E-state index contributed by atoms with van der Waals surface area (Å²) in [5.74, 6) is 0.560. The van der Waals surface area contributed by atoms with Crippen molar-refractivity contribution in [2.75, 3.05) is 33.4 Å². The fourth-order valence-corrected chi connectivity index (χ4v) is 2.00. The van der Waals surface area contributed by atoms with Crippen molar-refractivity contribution in [2.24, 2.45) is 11.7 Å². The first-order valence-corrected chi connectivity index (χ1v) is 7.27. The van der Waals surface area contributed by atoms with Gasteiger partial charge in [-0.1, -0.05) is 13.8 Å². The van der Waals surface area contributed by atoms with Crippen molar-refractivity contribution in [1.29, 1.82) is 0 Å². The van der Waals surface area contributed by atoms with Crippen LogP contribution in [0.15, 0.2) is 0 Å². The zero-order valence-electron chi connectivity index (χ0n) is 12.2. The van der Waals surface area contributed by atoms with Crippen LogP contribution in [0.3, 0.4) is 0 Å². The molecule has 0 saturated carbocycles. The van der Waals surface area contributed by atoms with E-state index in [4.69, 9.17) is 15.2 Å². The molecule has 0 aromatic heterocycles. The highest BCUT2D eigenvalue weighted by Crippen LogP contribution is 2.13. The molecule has 0 spiro atoms. The van der Waals surface area contributed by atoms with Gasteiger partial charge in [-0.3, -0.25) is 0 Å². The molecule has 0 radical (unpaired) electrons. The SMILES string of the molecule is CC(C)C(N)CCN(C)CCOC1CCCCO1. The molecule has 2 unspecified atom stereocenters. The minimum Gasteiger partial charge on any atom is -0.353 e. The van der Waals surface area contributed by atoms with Crippen LogP contribution in [-0.4, -0.2) is 50.6 Å². The van der Waals surface area contributed by atoms with Crippen molar-refractivity contribution in [3.8, 4) is 0 Å². The highest BCUT2D eigenvalue weighted by atomic mass is 16.7. The molecule has 2 atom stereocenters. The third-order valence-corrected chi connectivity index (χ3v) is 3.62. The Hall–Kier alpha value is -0.160. The summed E-state index contributed by atoms with van der Waals surface area (Å²) in [5.41, 5.74) is 6.03. The predicted molar refractivity (Wildman–Crippen MR) is 74.5 cm³/mol. The third kappa shape index (κ3) is 6.69. The highest BCUT2D eigenvalue weighted by molar-refractivity contribution is 4.67. The molecular weight excluding hydrogens is 228 g/mol. The lowest BCUT2D eigenvalue weighted by Gasteiger charge is -2.25. The zero-order chi connectivity index (χ0) is 13.4. The van der Waals surface area contributed by atoms with Gasteiger partial charge in [-0.15, -0.1) is 0 Å². The maximum absolute atomic E-state index is 6.03. The van der Waals surface area contributed by atoms with Crippen molar-refractivity contribution in [3.63, 3.8) is 0 Å². The van der Waals surface area contributed by atoms with E-state index in [1.54, 1.807) is 0 Å². The zero-order valence-corrected chi connectivity index (χ0v) is 12.2. The molecule has 1 rings (SSSR count). The largest absolute Gasteiger partial charge is 0.353 e. The molecule has 4 heteroatoms. The summed E-state index contributed by atoms with van der Waals surface area (Å²) in [4.78, 5) is 2.28. The molecule has 0 bridgehead atoms. The van der Waals surface area contributed by atoms with Crippen molar-refractivity contribution in [1.82, 2.24) is 4.90 Å². The number of nitrogens with two attached hydrogens (primary N) is 1. The first kappa shape index (κ1) is 15.9. The van der Waals surface area contributed by atoms with Gasteiger partial charge in [0.15, 0.2) is 6.29 Å². The fraction of sp³-hybridized carbons (Fsp3) is 1.00. The summed E-state index contributed by atoms with van der Waals surface area (Å²) >= 11 is 0. The second-order valence-corrected chi connectivity index (χ2v) is 5.67. The average molecular weight is 258 g/mol. The molecule has 18 heavy (non-hydrogen) atoms. The molecule has 108 valence electrons. The maximum atomic E-state index is 6.03. The van der Waals surface area contributed by atoms with E-state index in [-0.39, 0.29) is 6.29 Å². The van der Waals surface area contributed by atoms with Crippen LogP contribution in [0.1, 0.15) is 39.5 Å². The highest BCUT2D eigenvalue weighted by Gasteiger charge is 2.14. The smallest absolute Gasteiger partial charge is 0.157 e. The number of nitrogens with zero attached hydrogens (tertiary/aromatic N) is 1. The Bertz CT molecular complexity index is 206. The topological polar surface area (TPSA) is 47.7 Å². The molecule has 4 nitrogen and oxygen atoms in total. The van der Waals surface area contributed by atoms with Crippen molar-refractivity contribution in [3.05, 3.63) is 0 Å². The number of hydrogen-bond donors (Lipinski definition) is 1. The van der Waals surface area contributed by atoms with Crippen LogP contribution in [0, 0.1) is 5.92 Å². The van der Waals surface area contributed by atoms with Gasteiger partial charge in [0.05, 0.1) is 6.61 Å². The lowest BCUT2D eigenvalue weighted by atomic mass is 10.0. The van der Waals surface area contributed by atoms with E-state index in [0.29, 0.717) is 12.0 Å². The third-order valence-electron chi connectivity index (χ3n) is 3.62. The first-order chi connectivity index (χ1) is 8.59. The van der Waals surface area contributed by atoms with Gasteiger partial charge in [-0.25, -0.2) is 0 Å². The van der Waals surface area contributed by atoms with E-state index in [1.165, 1.54) is 12.8 Å². The molecular formula is C14H30N2O2. The van der Waals surface area contributed by atoms with Gasteiger partial charge in [-0.2, -0.15) is 0 Å². The molecule has 1 heterocycles. The van der Waals surface area contributed by atoms with E-state index in [1.807, 2.05) is 0 Å². The number of ether oxygens (including phenoxy) is 2. The second-order valence-electron chi connectivity index (χ2n) is 5.67. The number of rotatable bonds is 8. The molecule has 1 saturated heterocycles. The Balaban J connectivity index is 2.00. The van der Waals surface area contributed by atoms with Crippen LogP contribution in [0.2, 0.25) is 0 Å². The van der Waals surface area contributed by atoms with Gasteiger partial charge in [-0.05, 0) is 45.2 Å². The molecule has 1 aliphatic heterocycles. The Morgan fingerprint density at radius 3 is 2.72 bits per heavy atom. The van der Waals surface area contributed by atoms with E-state index in [0.717, 1.165) is 39.1 Å². The van der Waals surface area contributed by atoms with Crippen molar-refractivity contribution >= 4 is 0 Å². The van der Waals surface area contributed by atoms with Crippen LogP contribution in [0.4, 0.5) is 0 Å². The minimum atomic E-state index is 0.0325. The Kier molecular flexibility index (Phi) is 7.82. The predicted octanol–water partition coefficient (Wildman–Crippen LogP) is 1.83. The lowest BCUT2D eigenvalue weighted by molar-refractivity contribution is -0.163. The van der Waals surface area contributed by atoms with Crippen LogP contribution in [0.5, 0.6) is 0 Å². The van der Waals surface area contributed by atoms with E-state index in [9.17, 15) is 0 Å². The van der Waals surface area contributed by atoms with Crippen LogP contribution in [0.25, 0.3) is 0 Å². The second kappa shape index (κ2) is 8.86. The molecule has 2 N–H and O–H groups in total. The van der Waals surface area contributed by atoms with E-state index < -0.39 is 0 Å². The summed E-state index contributed by atoms with van der Waals surface area (Å²) in [7, 11) is 2.12. The molecule has 1 aliphatic rings. The lowest BCUT2D eigenvalue weighted by Crippen LogP contribution is -2.34. The molecule has 0 aliphatic carbocycles. The standard InChI is InChI=1S/C14H30N2O2/c1-12(2)13(15)7-8-16(3)9-11-18-14-6-4-5-10-17-14/h12-14H,4-11,15H2,1-3H3. The average Bonchev–Trinajstić information content (AvgIpc) is 2.37. The number of hydrogen-bond acceptors (Lipinski definition) is 4. The molecule has 1 fully saturated rings. The molecule has 0 aromatic rings. The van der Waals surface area contributed by atoms with Gasteiger partial charge < -0.3 is 20.1 Å². The van der Waals surface area contributed by atoms with Crippen LogP contribution in [-0.2, 0) is 9.47 Å². The van der Waals surface area contributed by atoms with E-state index >= 15 is 0 Å². The Labute approximate surface area is 112 Å². The van der Waals surface area contributed by atoms with Crippen molar-refractivity contribution < 1.29 is 9.47 Å². The van der Waals surface area contributed by atoms with Gasteiger partial charge in [0, 0.05) is 19.2 Å². The van der Waals surface area contributed by atoms with Crippen LogP contribution < -0.4 is 5.73 Å².